The van der Waals surface area contributed by atoms with Gasteiger partial charge in [-0.15, -0.1) is 11.3 Å². The Morgan fingerprint density at radius 1 is 1.15 bits per heavy atom. The van der Waals surface area contributed by atoms with E-state index in [0.717, 1.165) is 5.56 Å². The van der Waals surface area contributed by atoms with Gasteiger partial charge in [0.25, 0.3) is 5.91 Å². The van der Waals surface area contributed by atoms with Crippen LogP contribution in [-0.2, 0) is 11.3 Å². The summed E-state index contributed by atoms with van der Waals surface area (Å²) in [6.45, 7) is 1.11. The van der Waals surface area contributed by atoms with E-state index in [0.29, 0.717) is 34.4 Å². The quantitative estimate of drug-likeness (QED) is 0.597. The van der Waals surface area contributed by atoms with Crippen LogP contribution in [0.5, 0.6) is 5.88 Å². The van der Waals surface area contributed by atoms with Crippen molar-refractivity contribution in [3.05, 3.63) is 71.0 Å². The highest BCUT2D eigenvalue weighted by Gasteiger charge is 2.13. The molecule has 0 bridgehead atoms. The van der Waals surface area contributed by atoms with Crippen LogP contribution in [0.2, 0.25) is 0 Å². The molecule has 0 atom stereocenters. The monoisotopic (exact) mass is 386 g/mol. The molecule has 140 valence electrons. The highest BCUT2D eigenvalue weighted by Crippen LogP contribution is 2.30. The van der Waals surface area contributed by atoms with Crippen molar-refractivity contribution < 1.29 is 18.7 Å². The molecular weight excluding hydrogens is 367 g/mol. The van der Waals surface area contributed by atoms with Gasteiger partial charge in [0.05, 0.1) is 11.5 Å². The van der Waals surface area contributed by atoms with E-state index >= 15 is 0 Å². The normalized spacial score (nSPS) is 10.6. The topological polar surface area (TPSA) is 60.5 Å². The Kier molecular flexibility index (Phi) is 6.51. The fourth-order valence-electron chi connectivity index (χ4n) is 2.44. The molecule has 3 rings (SSSR count). The molecule has 5 nitrogen and oxygen atoms in total. The first-order valence-electron chi connectivity index (χ1n) is 8.37. The average Bonchev–Trinajstić information content (AvgIpc) is 3.17. The number of nitrogens with zero attached hydrogens (tertiary/aromatic N) is 1. The number of carbonyl (C=O) groups excluding carboxylic acids is 1. The summed E-state index contributed by atoms with van der Waals surface area (Å²) in [5.74, 6) is -0.0677. The fraction of sp³-hybridized carbons (Fsp3) is 0.200. The third kappa shape index (κ3) is 4.90. The number of ether oxygens (including phenoxy) is 2. The van der Waals surface area contributed by atoms with E-state index < -0.39 is 0 Å². The molecule has 0 unspecified atom stereocenters. The standard InChI is InChI=1S/C20H19FN2O3S/c1-25-11-12-26-20-14(5-4-10-22-20)13-23-19(24)18-9-8-17(27-18)15-6-2-3-7-16(15)21/h2-10H,11-13H2,1H3,(H,23,24). The number of aromatic nitrogens is 1. The van der Waals surface area contributed by atoms with E-state index in [1.165, 1.54) is 17.4 Å². The van der Waals surface area contributed by atoms with E-state index in [1.807, 2.05) is 6.07 Å². The molecule has 0 radical (unpaired) electrons. The van der Waals surface area contributed by atoms with E-state index in [9.17, 15) is 9.18 Å². The minimum atomic E-state index is -0.306. The Labute approximate surface area is 160 Å². The van der Waals surface area contributed by atoms with Gasteiger partial charge in [0.1, 0.15) is 12.4 Å². The van der Waals surface area contributed by atoms with Gasteiger partial charge in [0.15, 0.2) is 0 Å². The summed E-state index contributed by atoms with van der Waals surface area (Å²) in [6.07, 6.45) is 1.63. The number of benzene rings is 1. The number of amides is 1. The molecule has 1 N–H and O–H groups in total. The Morgan fingerprint density at radius 3 is 2.81 bits per heavy atom. The van der Waals surface area contributed by atoms with E-state index in [1.54, 1.807) is 49.7 Å². The first kappa shape index (κ1) is 19.0. The Bertz CT molecular complexity index is 914. The van der Waals surface area contributed by atoms with Crippen LogP contribution in [0.1, 0.15) is 15.2 Å². The number of pyridine rings is 1. The van der Waals surface area contributed by atoms with Crippen LogP contribution < -0.4 is 10.1 Å². The van der Waals surface area contributed by atoms with Crippen LogP contribution in [0.15, 0.2) is 54.7 Å². The molecular formula is C20H19FN2O3S. The molecule has 27 heavy (non-hydrogen) atoms. The fourth-order valence-corrected chi connectivity index (χ4v) is 3.39. The number of carbonyl (C=O) groups is 1. The minimum Gasteiger partial charge on any atom is -0.475 e. The van der Waals surface area contributed by atoms with Gasteiger partial charge in [-0.25, -0.2) is 9.37 Å². The third-order valence-electron chi connectivity index (χ3n) is 3.78. The minimum absolute atomic E-state index is 0.228. The Balaban J connectivity index is 1.65. The van der Waals surface area contributed by atoms with Crippen LogP contribution in [0.25, 0.3) is 10.4 Å². The Hall–Kier alpha value is -2.77. The first-order valence-corrected chi connectivity index (χ1v) is 9.19. The van der Waals surface area contributed by atoms with Crippen LogP contribution in [0.3, 0.4) is 0 Å². The largest absolute Gasteiger partial charge is 0.475 e. The summed E-state index contributed by atoms with van der Waals surface area (Å²) in [5, 5.41) is 2.85. The number of nitrogens with one attached hydrogen (secondary N) is 1. The molecule has 2 aromatic heterocycles. The van der Waals surface area contributed by atoms with Crippen molar-refractivity contribution in [3.63, 3.8) is 0 Å². The Morgan fingerprint density at radius 2 is 2.00 bits per heavy atom. The van der Waals surface area contributed by atoms with Crippen LogP contribution in [0.4, 0.5) is 4.39 Å². The van der Waals surface area contributed by atoms with Crippen molar-refractivity contribution in [1.82, 2.24) is 10.3 Å². The maximum absolute atomic E-state index is 13.9. The molecule has 1 aromatic carbocycles. The zero-order chi connectivity index (χ0) is 19.1. The molecule has 0 spiro atoms. The van der Waals surface area contributed by atoms with Crippen molar-refractivity contribution in [3.8, 4) is 16.3 Å². The number of thiophene rings is 1. The van der Waals surface area contributed by atoms with E-state index in [2.05, 4.69) is 10.3 Å². The summed E-state index contributed by atoms with van der Waals surface area (Å²) in [4.78, 5) is 17.9. The van der Waals surface area contributed by atoms with Crippen LogP contribution in [0, 0.1) is 5.82 Å². The maximum Gasteiger partial charge on any atom is 0.261 e. The highest BCUT2D eigenvalue weighted by atomic mass is 32.1. The number of rotatable bonds is 8. The molecule has 3 aromatic rings. The molecule has 2 heterocycles. The lowest BCUT2D eigenvalue weighted by Gasteiger charge is -2.10. The van der Waals surface area contributed by atoms with Crippen LogP contribution >= 0.6 is 11.3 Å². The zero-order valence-electron chi connectivity index (χ0n) is 14.8. The molecule has 7 heteroatoms. The van der Waals surface area contributed by atoms with E-state index in [4.69, 9.17) is 9.47 Å². The summed E-state index contributed by atoms with van der Waals surface area (Å²) >= 11 is 1.25. The lowest BCUT2D eigenvalue weighted by molar-refractivity contribution is 0.0954. The summed E-state index contributed by atoms with van der Waals surface area (Å²) in [6, 6.07) is 13.6. The van der Waals surface area contributed by atoms with Gasteiger partial charge in [-0.1, -0.05) is 24.3 Å². The first-order chi connectivity index (χ1) is 13.2. The predicted molar refractivity (Wildman–Crippen MR) is 102 cm³/mol. The SMILES string of the molecule is COCCOc1ncccc1CNC(=O)c1ccc(-c2ccccc2F)s1. The van der Waals surface area contributed by atoms with Crippen molar-refractivity contribution in [2.45, 2.75) is 6.54 Å². The van der Waals surface area contributed by atoms with Crippen molar-refractivity contribution in [2.75, 3.05) is 20.3 Å². The third-order valence-corrected chi connectivity index (χ3v) is 4.90. The number of hydrogen-bond donors (Lipinski definition) is 1. The molecule has 0 aliphatic heterocycles. The molecule has 0 fully saturated rings. The summed E-state index contributed by atoms with van der Waals surface area (Å²) in [7, 11) is 1.60. The second-order valence-corrected chi connectivity index (χ2v) is 6.72. The van der Waals surface area contributed by atoms with Crippen molar-refractivity contribution in [1.29, 1.82) is 0 Å². The van der Waals surface area contributed by atoms with Crippen molar-refractivity contribution in [2.24, 2.45) is 0 Å². The summed E-state index contributed by atoms with van der Waals surface area (Å²) < 4.78 is 24.4. The summed E-state index contributed by atoms with van der Waals surface area (Å²) in [5.41, 5.74) is 1.26. The predicted octanol–water partition coefficient (Wildman–Crippen LogP) is 3.90. The van der Waals surface area contributed by atoms with Gasteiger partial charge in [0, 0.05) is 35.9 Å². The highest BCUT2D eigenvalue weighted by molar-refractivity contribution is 7.17. The maximum atomic E-state index is 13.9. The molecule has 1 amide bonds. The lowest BCUT2D eigenvalue weighted by Crippen LogP contribution is -2.22. The smallest absolute Gasteiger partial charge is 0.261 e. The second kappa shape index (κ2) is 9.25. The van der Waals surface area contributed by atoms with Crippen molar-refractivity contribution >= 4 is 17.2 Å². The van der Waals surface area contributed by atoms with Gasteiger partial charge in [-0.2, -0.15) is 0 Å². The molecule has 0 saturated heterocycles. The molecule has 0 aliphatic carbocycles. The number of methoxy groups -OCH3 is 1. The van der Waals surface area contributed by atoms with Crippen LogP contribution in [-0.4, -0.2) is 31.2 Å². The van der Waals surface area contributed by atoms with Gasteiger partial charge in [-0.05, 0) is 24.3 Å². The van der Waals surface area contributed by atoms with Gasteiger partial charge in [-0.3, -0.25) is 4.79 Å². The average molecular weight is 386 g/mol. The number of halogens is 1. The van der Waals surface area contributed by atoms with E-state index in [-0.39, 0.29) is 18.3 Å². The van der Waals surface area contributed by atoms with Gasteiger partial charge >= 0.3 is 0 Å². The second-order valence-electron chi connectivity index (χ2n) is 5.64. The number of hydrogen-bond acceptors (Lipinski definition) is 5. The molecule has 0 aliphatic rings. The van der Waals surface area contributed by atoms with Gasteiger partial charge < -0.3 is 14.8 Å². The zero-order valence-corrected chi connectivity index (χ0v) is 15.6. The molecule has 0 saturated carbocycles. The van der Waals surface area contributed by atoms with Gasteiger partial charge in [0.2, 0.25) is 5.88 Å². The lowest BCUT2D eigenvalue weighted by atomic mass is 10.2.